The number of hydrogen-bond donors (Lipinski definition) is 2. The summed E-state index contributed by atoms with van der Waals surface area (Å²) in [6.07, 6.45) is 2.07. The van der Waals surface area contributed by atoms with Crippen LogP contribution in [0.1, 0.15) is 34.2 Å². The number of nitrogens with one attached hydrogen (secondary N) is 2. The van der Waals surface area contributed by atoms with Crippen molar-refractivity contribution in [1.29, 1.82) is 0 Å². The Bertz CT molecular complexity index is 1010. The molecule has 0 radical (unpaired) electrons. The van der Waals surface area contributed by atoms with Crippen molar-refractivity contribution in [3.63, 3.8) is 0 Å². The second-order valence-electron chi connectivity index (χ2n) is 7.63. The van der Waals surface area contributed by atoms with E-state index in [0.717, 1.165) is 29.8 Å². The number of hydrogen-bond acceptors (Lipinski definition) is 4. The van der Waals surface area contributed by atoms with Gasteiger partial charge in [-0.25, -0.2) is 8.42 Å². The molecule has 6 nitrogen and oxygen atoms in total. The van der Waals surface area contributed by atoms with E-state index in [9.17, 15) is 8.42 Å². The number of benzene rings is 2. The Morgan fingerprint density at radius 2 is 1.77 bits per heavy atom. The lowest BCUT2D eigenvalue weighted by Crippen LogP contribution is -2.37. The topological polar surface area (TPSA) is 79.8 Å². The van der Waals surface area contributed by atoms with Crippen LogP contribution < -0.4 is 15.4 Å². The first kappa shape index (κ1) is 23.7. The molecule has 30 heavy (non-hydrogen) atoms. The van der Waals surface area contributed by atoms with E-state index in [4.69, 9.17) is 4.74 Å². The largest absolute Gasteiger partial charge is 0.493 e. The van der Waals surface area contributed by atoms with Crippen molar-refractivity contribution in [3.8, 4) is 5.75 Å². The fourth-order valence-electron chi connectivity index (χ4n) is 3.26. The van der Waals surface area contributed by atoms with Crippen molar-refractivity contribution in [2.24, 2.45) is 4.99 Å². The van der Waals surface area contributed by atoms with Gasteiger partial charge in [0.25, 0.3) is 0 Å². The van der Waals surface area contributed by atoms with Gasteiger partial charge in [0, 0.05) is 26.4 Å². The van der Waals surface area contributed by atoms with Crippen molar-refractivity contribution in [2.75, 3.05) is 26.5 Å². The maximum absolute atomic E-state index is 11.7. The predicted molar refractivity (Wildman–Crippen MR) is 123 cm³/mol. The number of aryl methyl sites for hydroxylation is 3. The predicted octanol–water partition coefficient (Wildman–Crippen LogP) is 3.46. The van der Waals surface area contributed by atoms with Crippen molar-refractivity contribution >= 4 is 15.8 Å². The van der Waals surface area contributed by atoms with Gasteiger partial charge in [-0.3, -0.25) is 4.99 Å². The van der Waals surface area contributed by atoms with E-state index >= 15 is 0 Å². The minimum atomic E-state index is -3.20. The summed E-state index contributed by atoms with van der Waals surface area (Å²) in [6, 6.07) is 9.60. The zero-order valence-electron chi connectivity index (χ0n) is 18.8. The third kappa shape index (κ3) is 6.76. The molecular formula is C23H33N3O3S. The fourth-order valence-corrected chi connectivity index (χ4v) is 4.21. The molecule has 0 spiro atoms. The SMILES string of the molecule is CN=C(NCCCOc1cc(C)cc(C)c1C)NCc1ccc(S(C)(=O)=O)c(C)c1. The number of rotatable bonds is 8. The molecule has 2 N–H and O–H groups in total. The molecule has 0 aromatic heterocycles. The molecule has 164 valence electrons. The Labute approximate surface area is 180 Å². The summed E-state index contributed by atoms with van der Waals surface area (Å²) in [5.41, 5.74) is 5.38. The number of aliphatic imine (C=N–C) groups is 1. The normalized spacial score (nSPS) is 12.0. The van der Waals surface area contributed by atoms with E-state index in [1.54, 1.807) is 13.1 Å². The first-order valence-corrected chi connectivity index (χ1v) is 12.0. The third-order valence-electron chi connectivity index (χ3n) is 4.96. The first-order valence-electron chi connectivity index (χ1n) is 10.1. The average molecular weight is 432 g/mol. The van der Waals surface area contributed by atoms with Crippen LogP contribution in [0.25, 0.3) is 0 Å². The molecule has 0 aliphatic rings. The molecule has 0 bridgehead atoms. The van der Waals surface area contributed by atoms with E-state index < -0.39 is 9.84 Å². The summed E-state index contributed by atoms with van der Waals surface area (Å²) < 4.78 is 29.4. The molecule has 0 unspecified atom stereocenters. The number of ether oxygens (including phenoxy) is 1. The molecule has 0 amide bonds. The van der Waals surface area contributed by atoms with E-state index in [1.807, 2.05) is 19.1 Å². The molecule has 0 saturated heterocycles. The van der Waals surface area contributed by atoms with Crippen LogP contribution in [0.5, 0.6) is 5.75 Å². The summed E-state index contributed by atoms with van der Waals surface area (Å²) in [5.74, 6) is 1.64. The van der Waals surface area contributed by atoms with Crippen LogP contribution in [-0.2, 0) is 16.4 Å². The number of sulfone groups is 1. The van der Waals surface area contributed by atoms with Crippen LogP contribution in [0.2, 0.25) is 0 Å². The van der Waals surface area contributed by atoms with Crippen molar-refractivity contribution in [2.45, 2.75) is 45.6 Å². The van der Waals surface area contributed by atoms with Crippen LogP contribution in [0, 0.1) is 27.7 Å². The van der Waals surface area contributed by atoms with E-state index in [2.05, 4.69) is 48.5 Å². The Balaban J connectivity index is 1.79. The standard InChI is InChI=1S/C23H33N3O3S/c1-16-12-17(2)19(4)21(13-16)29-11-7-10-25-23(24-5)26-15-20-8-9-22(18(3)14-20)30(6,27)28/h8-9,12-14H,7,10-11,15H2,1-6H3,(H2,24,25,26). The van der Waals surface area contributed by atoms with E-state index in [0.29, 0.717) is 24.0 Å². The van der Waals surface area contributed by atoms with Gasteiger partial charge in [0.15, 0.2) is 15.8 Å². The smallest absolute Gasteiger partial charge is 0.191 e. The van der Waals surface area contributed by atoms with Gasteiger partial charge in [-0.1, -0.05) is 18.2 Å². The first-order chi connectivity index (χ1) is 14.1. The summed E-state index contributed by atoms with van der Waals surface area (Å²) in [5, 5.41) is 6.53. The molecule has 2 aromatic rings. The van der Waals surface area contributed by atoms with E-state index in [-0.39, 0.29) is 0 Å². The lowest BCUT2D eigenvalue weighted by molar-refractivity contribution is 0.308. The van der Waals surface area contributed by atoms with Gasteiger partial charge >= 0.3 is 0 Å². The Morgan fingerprint density at radius 1 is 1.03 bits per heavy atom. The van der Waals surface area contributed by atoms with Crippen LogP contribution >= 0.6 is 0 Å². The highest BCUT2D eigenvalue weighted by molar-refractivity contribution is 7.90. The van der Waals surface area contributed by atoms with Gasteiger partial charge in [-0.05, 0) is 74.1 Å². The monoisotopic (exact) mass is 431 g/mol. The van der Waals surface area contributed by atoms with Gasteiger partial charge in [-0.15, -0.1) is 0 Å². The molecule has 0 fully saturated rings. The quantitative estimate of drug-likeness (QED) is 0.380. The maximum Gasteiger partial charge on any atom is 0.191 e. The van der Waals surface area contributed by atoms with Crippen LogP contribution in [0.4, 0.5) is 0 Å². The highest BCUT2D eigenvalue weighted by Gasteiger charge is 2.11. The minimum absolute atomic E-state index is 0.368. The van der Waals surface area contributed by atoms with Gasteiger partial charge < -0.3 is 15.4 Å². The third-order valence-corrected chi connectivity index (χ3v) is 6.21. The van der Waals surface area contributed by atoms with Crippen LogP contribution in [-0.4, -0.2) is 40.8 Å². The fraction of sp³-hybridized carbons (Fsp3) is 0.435. The van der Waals surface area contributed by atoms with Crippen molar-refractivity contribution < 1.29 is 13.2 Å². The Morgan fingerprint density at radius 3 is 2.40 bits per heavy atom. The second kappa shape index (κ2) is 10.5. The molecule has 7 heteroatoms. The summed E-state index contributed by atoms with van der Waals surface area (Å²) in [7, 11) is -1.47. The zero-order valence-corrected chi connectivity index (χ0v) is 19.6. The zero-order chi connectivity index (χ0) is 22.3. The van der Waals surface area contributed by atoms with Crippen molar-refractivity contribution in [3.05, 3.63) is 58.1 Å². The summed E-state index contributed by atoms with van der Waals surface area (Å²) in [4.78, 5) is 4.60. The Kier molecular flexibility index (Phi) is 8.29. The molecule has 0 aliphatic heterocycles. The minimum Gasteiger partial charge on any atom is -0.493 e. The van der Waals surface area contributed by atoms with Gasteiger partial charge in [0.2, 0.25) is 0 Å². The van der Waals surface area contributed by atoms with Gasteiger partial charge in [0.1, 0.15) is 5.75 Å². The second-order valence-corrected chi connectivity index (χ2v) is 9.62. The number of nitrogens with zero attached hydrogens (tertiary/aromatic N) is 1. The molecule has 0 aliphatic carbocycles. The van der Waals surface area contributed by atoms with Gasteiger partial charge in [0.05, 0.1) is 11.5 Å². The maximum atomic E-state index is 11.7. The van der Waals surface area contributed by atoms with Crippen LogP contribution in [0.15, 0.2) is 40.2 Å². The molecule has 0 heterocycles. The molecule has 2 rings (SSSR count). The highest BCUT2D eigenvalue weighted by Crippen LogP contribution is 2.23. The Hall–Kier alpha value is -2.54. The lowest BCUT2D eigenvalue weighted by Gasteiger charge is -2.14. The van der Waals surface area contributed by atoms with Gasteiger partial charge in [-0.2, -0.15) is 0 Å². The highest BCUT2D eigenvalue weighted by atomic mass is 32.2. The van der Waals surface area contributed by atoms with Crippen LogP contribution in [0.3, 0.4) is 0 Å². The average Bonchev–Trinajstić information content (AvgIpc) is 2.66. The number of guanidine groups is 1. The van der Waals surface area contributed by atoms with E-state index in [1.165, 1.54) is 22.9 Å². The molecule has 0 saturated carbocycles. The molecule has 2 aromatic carbocycles. The van der Waals surface area contributed by atoms with Crippen molar-refractivity contribution in [1.82, 2.24) is 10.6 Å². The summed E-state index contributed by atoms with van der Waals surface area (Å²) in [6.45, 7) is 9.98. The molecule has 0 atom stereocenters. The summed E-state index contributed by atoms with van der Waals surface area (Å²) >= 11 is 0. The lowest BCUT2D eigenvalue weighted by atomic mass is 10.1. The molecular weight excluding hydrogens is 398 g/mol.